The second-order valence-corrected chi connectivity index (χ2v) is 7.88. The van der Waals surface area contributed by atoms with Crippen LogP contribution >= 0.6 is 23.4 Å². The minimum atomic E-state index is -0.420. The largest absolute Gasteiger partial charge is 0.324 e. The number of aromatic nitrogens is 5. The lowest BCUT2D eigenvalue weighted by molar-refractivity contribution is -0.115. The molecule has 0 saturated carbocycles. The highest BCUT2D eigenvalue weighted by atomic mass is 35.5. The first-order valence-corrected chi connectivity index (χ1v) is 10.0. The molecule has 9 heteroatoms. The summed E-state index contributed by atoms with van der Waals surface area (Å²) in [4.78, 5) is 21.2. The van der Waals surface area contributed by atoms with Gasteiger partial charge in [0.15, 0.2) is 5.65 Å². The standard InChI is InChI=1S/C19H17ClN6OS/c1-3-26-14-7-5-4-6-13(14)16-17(26)23-19(25-24-16)28-11(2)18(27)22-15-9-8-12(20)10-21-15/h4-11H,3H2,1-2H3,(H,21,22,27)/t11-/m1/s1. The predicted octanol–water partition coefficient (Wildman–Crippen LogP) is 4.17. The van der Waals surface area contributed by atoms with Crippen molar-refractivity contribution in [2.75, 3.05) is 5.32 Å². The Morgan fingerprint density at radius 2 is 2.07 bits per heavy atom. The van der Waals surface area contributed by atoms with Gasteiger partial charge in [0, 0.05) is 18.1 Å². The van der Waals surface area contributed by atoms with Crippen molar-refractivity contribution in [1.82, 2.24) is 24.7 Å². The van der Waals surface area contributed by atoms with Crippen LogP contribution in [0.3, 0.4) is 0 Å². The van der Waals surface area contributed by atoms with Crippen LogP contribution in [-0.4, -0.2) is 35.9 Å². The molecule has 1 aromatic carbocycles. The summed E-state index contributed by atoms with van der Waals surface area (Å²) in [6.07, 6.45) is 1.49. The van der Waals surface area contributed by atoms with E-state index in [4.69, 9.17) is 11.6 Å². The zero-order valence-corrected chi connectivity index (χ0v) is 16.8. The molecule has 0 bridgehead atoms. The minimum Gasteiger partial charge on any atom is -0.324 e. The molecule has 0 aliphatic carbocycles. The third-order valence-corrected chi connectivity index (χ3v) is 5.48. The van der Waals surface area contributed by atoms with Crippen molar-refractivity contribution in [1.29, 1.82) is 0 Å². The maximum atomic E-state index is 12.4. The molecule has 3 aromatic heterocycles. The molecule has 1 N–H and O–H groups in total. The topological polar surface area (TPSA) is 85.6 Å². The third kappa shape index (κ3) is 3.53. The van der Waals surface area contributed by atoms with Crippen LogP contribution in [0.2, 0.25) is 5.02 Å². The van der Waals surface area contributed by atoms with Gasteiger partial charge in [-0.15, -0.1) is 10.2 Å². The van der Waals surface area contributed by atoms with Crippen LogP contribution in [-0.2, 0) is 11.3 Å². The van der Waals surface area contributed by atoms with Crippen LogP contribution in [0, 0.1) is 0 Å². The Bertz CT molecular complexity index is 1160. The Hall–Kier alpha value is -2.71. The Labute approximate surface area is 170 Å². The van der Waals surface area contributed by atoms with E-state index >= 15 is 0 Å². The van der Waals surface area contributed by atoms with Gasteiger partial charge < -0.3 is 9.88 Å². The van der Waals surface area contributed by atoms with Gasteiger partial charge in [-0.1, -0.05) is 41.6 Å². The quantitative estimate of drug-likeness (QED) is 0.495. The highest BCUT2D eigenvalue weighted by Gasteiger charge is 2.19. The number of rotatable bonds is 5. The molecule has 0 fully saturated rings. The number of halogens is 1. The molecule has 28 heavy (non-hydrogen) atoms. The Kier molecular flexibility index (Phi) is 5.15. The van der Waals surface area contributed by atoms with Crippen molar-refractivity contribution in [2.45, 2.75) is 30.8 Å². The third-order valence-electron chi connectivity index (χ3n) is 4.30. The number of aryl methyl sites for hydroxylation is 1. The molecule has 0 aliphatic heterocycles. The summed E-state index contributed by atoms with van der Waals surface area (Å²) in [7, 11) is 0. The molecule has 1 amide bonds. The highest BCUT2D eigenvalue weighted by molar-refractivity contribution is 8.00. The SMILES string of the molecule is CCn1c2ccccc2c2nnc(S[C@H](C)C(=O)Nc3ccc(Cl)cn3)nc21. The monoisotopic (exact) mass is 412 g/mol. The van der Waals surface area contributed by atoms with E-state index in [0.717, 1.165) is 28.6 Å². The zero-order chi connectivity index (χ0) is 19.7. The molecule has 4 rings (SSSR count). The number of amides is 1. The van der Waals surface area contributed by atoms with Crippen molar-refractivity contribution in [3.63, 3.8) is 0 Å². The van der Waals surface area contributed by atoms with Gasteiger partial charge in [0.25, 0.3) is 0 Å². The van der Waals surface area contributed by atoms with E-state index in [1.54, 1.807) is 19.1 Å². The van der Waals surface area contributed by atoms with E-state index in [9.17, 15) is 4.79 Å². The van der Waals surface area contributed by atoms with Gasteiger partial charge in [-0.3, -0.25) is 4.79 Å². The fraction of sp³-hybridized carbons (Fsp3) is 0.211. The number of carbonyl (C=O) groups excluding carboxylic acids is 1. The van der Waals surface area contributed by atoms with Crippen molar-refractivity contribution in [2.24, 2.45) is 0 Å². The fourth-order valence-corrected chi connectivity index (χ4v) is 3.77. The number of carbonyl (C=O) groups is 1. The van der Waals surface area contributed by atoms with Crippen LogP contribution in [0.25, 0.3) is 22.1 Å². The highest BCUT2D eigenvalue weighted by Crippen LogP contribution is 2.28. The van der Waals surface area contributed by atoms with Gasteiger partial charge in [-0.2, -0.15) is 0 Å². The summed E-state index contributed by atoms with van der Waals surface area (Å²) in [5, 5.41) is 12.9. The lowest BCUT2D eigenvalue weighted by atomic mass is 10.2. The minimum absolute atomic E-state index is 0.195. The van der Waals surface area contributed by atoms with Gasteiger partial charge in [0.1, 0.15) is 11.3 Å². The smallest absolute Gasteiger partial charge is 0.238 e. The van der Waals surface area contributed by atoms with Gasteiger partial charge >= 0.3 is 0 Å². The lowest BCUT2D eigenvalue weighted by Gasteiger charge is -2.10. The van der Waals surface area contributed by atoms with E-state index in [-0.39, 0.29) is 5.91 Å². The summed E-state index contributed by atoms with van der Waals surface area (Å²) < 4.78 is 2.10. The molecule has 0 spiro atoms. The molecule has 142 valence electrons. The maximum absolute atomic E-state index is 12.4. The Morgan fingerprint density at radius 1 is 1.25 bits per heavy atom. The molecule has 0 saturated heterocycles. The number of fused-ring (bicyclic) bond motifs is 3. The molecule has 0 aliphatic rings. The van der Waals surface area contributed by atoms with Crippen LogP contribution in [0.1, 0.15) is 13.8 Å². The molecule has 0 unspecified atom stereocenters. The molecular formula is C19H17ClN6OS. The van der Waals surface area contributed by atoms with E-state index in [2.05, 4.69) is 37.0 Å². The number of pyridine rings is 1. The number of nitrogens with zero attached hydrogens (tertiary/aromatic N) is 5. The Morgan fingerprint density at radius 3 is 2.82 bits per heavy atom. The summed E-state index contributed by atoms with van der Waals surface area (Å²) in [6.45, 7) is 4.62. The summed E-state index contributed by atoms with van der Waals surface area (Å²) in [5.74, 6) is 0.252. The van der Waals surface area contributed by atoms with E-state index < -0.39 is 5.25 Å². The number of thioether (sulfide) groups is 1. The molecular weight excluding hydrogens is 396 g/mol. The van der Waals surface area contributed by atoms with Crippen molar-refractivity contribution in [3.05, 3.63) is 47.6 Å². The number of hydrogen-bond donors (Lipinski definition) is 1. The van der Waals surface area contributed by atoms with Crippen LogP contribution in [0.5, 0.6) is 0 Å². The second-order valence-electron chi connectivity index (χ2n) is 6.14. The molecule has 3 heterocycles. The van der Waals surface area contributed by atoms with Gasteiger partial charge in [-0.25, -0.2) is 9.97 Å². The average molecular weight is 413 g/mol. The van der Waals surface area contributed by atoms with Gasteiger partial charge in [0.2, 0.25) is 11.1 Å². The maximum Gasteiger partial charge on any atom is 0.238 e. The number of para-hydroxylation sites is 1. The van der Waals surface area contributed by atoms with Crippen molar-refractivity contribution < 1.29 is 4.79 Å². The van der Waals surface area contributed by atoms with E-state index in [1.165, 1.54) is 18.0 Å². The predicted molar refractivity (Wildman–Crippen MR) is 112 cm³/mol. The van der Waals surface area contributed by atoms with E-state index in [1.807, 2.05) is 24.3 Å². The molecule has 0 radical (unpaired) electrons. The first-order chi connectivity index (χ1) is 13.6. The van der Waals surface area contributed by atoms with Crippen LogP contribution in [0.4, 0.5) is 5.82 Å². The first kappa shape index (κ1) is 18.6. The summed E-state index contributed by atoms with van der Waals surface area (Å²) in [6, 6.07) is 11.4. The number of benzene rings is 1. The number of nitrogens with one attached hydrogen (secondary N) is 1. The van der Waals surface area contributed by atoms with Gasteiger partial charge in [-0.05, 0) is 32.0 Å². The first-order valence-electron chi connectivity index (χ1n) is 8.77. The van der Waals surface area contributed by atoms with Crippen molar-refractivity contribution >= 4 is 57.2 Å². The normalized spacial score (nSPS) is 12.4. The molecule has 7 nitrogen and oxygen atoms in total. The number of anilines is 1. The van der Waals surface area contributed by atoms with Crippen LogP contribution in [0.15, 0.2) is 47.8 Å². The summed E-state index contributed by atoms with van der Waals surface area (Å²) in [5.41, 5.74) is 2.61. The molecule has 1 atom stereocenters. The van der Waals surface area contributed by atoms with Crippen molar-refractivity contribution in [3.8, 4) is 0 Å². The summed E-state index contributed by atoms with van der Waals surface area (Å²) >= 11 is 7.07. The number of hydrogen-bond acceptors (Lipinski definition) is 6. The molecule has 4 aromatic rings. The van der Waals surface area contributed by atoms with E-state index in [0.29, 0.717) is 16.0 Å². The average Bonchev–Trinajstić information content (AvgIpc) is 3.02. The zero-order valence-electron chi connectivity index (χ0n) is 15.3. The Balaban J connectivity index is 1.58. The van der Waals surface area contributed by atoms with Gasteiger partial charge in [0.05, 0.1) is 15.8 Å². The second kappa shape index (κ2) is 7.73. The van der Waals surface area contributed by atoms with Crippen LogP contribution < -0.4 is 5.32 Å². The fourth-order valence-electron chi connectivity index (χ4n) is 2.95. The lowest BCUT2D eigenvalue weighted by Crippen LogP contribution is -2.23.